The fraction of sp³-hybridized carbons (Fsp3) is 1.00. The normalized spacial score (nSPS) is 17.5. The van der Waals surface area contributed by atoms with Crippen LogP contribution in [0, 0.1) is 5.92 Å². The lowest BCUT2D eigenvalue weighted by atomic mass is 9.95. The monoisotopic (exact) mass is 257 g/mol. The van der Waals surface area contributed by atoms with Gasteiger partial charge in [0.1, 0.15) is 0 Å². The van der Waals surface area contributed by atoms with Gasteiger partial charge in [-0.2, -0.15) is 0 Å². The van der Waals surface area contributed by atoms with E-state index in [1.807, 2.05) is 0 Å². The van der Waals surface area contributed by atoms with Crippen LogP contribution in [0.2, 0.25) is 0 Å². The average molecular weight is 257 g/mol. The van der Waals surface area contributed by atoms with Crippen LogP contribution in [-0.2, 0) is 9.47 Å². The van der Waals surface area contributed by atoms with Crippen LogP contribution >= 0.6 is 0 Å². The molecule has 0 saturated heterocycles. The van der Waals surface area contributed by atoms with Crippen molar-refractivity contribution in [2.24, 2.45) is 5.92 Å². The van der Waals surface area contributed by atoms with Gasteiger partial charge in [0, 0.05) is 19.3 Å². The minimum atomic E-state index is 0.615. The highest BCUT2D eigenvalue weighted by Crippen LogP contribution is 2.17. The van der Waals surface area contributed by atoms with Gasteiger partial charge in [-0.3, -0.25) is 0 Å². The van der Waals surface area contributed by atoms with Crippen molar-refractivity contribution in [1.82, 2.24) is 5.32 Å². The maximum atomic E-state index is 5.54. The van der Waals surface area contributed by atoms with Crippen LogP contribution in [0.1, 0.15) is 52.4 Å². The second kappa shape index (κ2) is 10.8. The van der Waals surface area contributed by atoms with E-state index < -0.39 is 0 Å². The Morgan fingerprint density at radius 1 is 1.00 bits per heavy atom. The van der Waals surface area contributed by atoms with Gasteiger partial charge in [-0.1, -0.05) is 33.1 Å². The zero-order valence-corrected chi connectivity index (χ0v) is 12.2. The Kier molecular flexibility index (Phi) is 9.54. The molecule has 0 amide bonds. The van der Waals surface area contributed by atoms with Crippen LogP contribution in [0.25, 0.3) is 0 Å². The van der Waals surface area contributed by atoms with Crippen LogP contribution in [0.4, 0.5) is 0 Å². The number of hydrogen-bond acceptors (Lipinski definition) is 3. The van der Waals surface area contributed by atoms with Crippen LogP contribution in [-0.4, -0.2) is 39.0 Å². The summed E-state index contributed by atoms with van der Waals surface area (Å²) in [5.41, 5.74) is 0. The molecule has 0 aliphatic heterocycles. The Balaban J connectivity index is 1.75. The van der Waals surface area contributed by atoms with Crippen molar-refractivity contribution in [2.75, 3.05) is 33.0 Å². The first-order valence-electron chi connectivity index (χ1n) is 7.68. The summed E-state index contributed by atoms with van der Waals surface area (Å²) in [6.07, 6.45) is 8.08. The lowest BCUT2D eigenvalue weighted by Gasteiger charge is -2.22. The van der Waals surface area contributed by atoms with Crippen LogP contribution in [0.3, 0.4) is 0 Å². The summed E-state index contributed by atoms with van der Waals surface area (Å²) in [7, 11) is 0. The van der Waals surface area contributed by atoms with Gasteiger partial charge < -0.3 is 14.8 Å². The maximum Gasteiger partial charge on any atom is 0.0700 e. The molecule has 18 heavy (non-hydrogen) atoms. The molecule has 1 aliphatic rings. The third-order valence-electron chi connectivity index (χ3n) is 3.33. The zero-order valence-electron chi connectivity index (χ0n) is 12.2. The Bertz CT molecular complexity index is 179. The summed E-state index contributed by atoms with van der Waals surface area (Å²) in [5.74, 6) is 0.615. The molecule has 0 aromatic rings. The van der Waals surface area contributed by atoms with Gasteiger partial charge >= 0.3 is 0 Å². The third-order valence-corrected chi connectivity index (χ3v) is 3.33. The summed E-state index contributed by atoms with van der Waals surface area (Å²) < 4.78 is 11.0. The Hall–Kier alpha value is -0.120. The quantitative estimate of drug-likeness (QED) is 0.610. The van der Waals surface area contributed by atoms with E-state index in [4.69, 9.17) is 9.47 Å². The molecule has 1 fully saturated rings. The standard InChI is InChI=1S/C15H31NO2/c1-14(2)13-18-12-11-17-10-6-9-16-15-7-4-3-5-8-15/h14-16H,3-13H2,1-2H3. The van der Waals surface area contributed by atoms with Crippen LogP contribution in [0.5, 0.6) is 0 Å². The second-order valence-electron chi connectivity index (χ2n) is 5.72. The fourth-order valence-electron chi connectivity index (χ4n) is 2.33. The van der Waals surface area contributed by atoms with E-state index in [0.717, 1.165) is 45.4 Å². The lowest BCUT2D eigenvalue weighted by molar-refractivity contribution is 0.0369. The van der Waals surface area contributed by atoms with Gasteiger partial charge in [0.05, 0.1) is 13.2 Å². The second-order valence-corrected chi connectivity index (χ2v) is 5.72. The lowest BCUT2D eigenvalue weighted by Crippen LogP contribution is -2.32. The molecule has 108 valence electrons. The molecule has 0 aromatic heterocycles. The largest absolute Gasteiger partial charge is 0.379 e. The number of rotatable bonds is 10. The molecule has 0 spiro atoms. The molecule has 3 heteroatoms. The SMILES string of the molecule is CC(C)COCCOCCCNC1CCCCC1. The molecule has 0 atom stereocenters. The van der Waals surface area contributed by atoms with Crippen molar-refractivity contribution < 1.29 is 9.47 Å². The van der Waals surface area contributed by atoms with Crippen molar-refractivity contribution in [2.45, 2.75) is 58.4 Å². The number of nitrogens with one attached hydrogen (secondary N) is 1. The summed E-state index contributed by atoms with van der Waals surface area (Å²) >= 11 is 0. The molecule has 1 rings (SSSR count). The molecule has 0 unspecified atom stereocenters. The molecule has 1 aliphatic carbocycles. The summed E-state index contributed by atoms with van der Waals surface area (Å²) in [6, 6.07) is 0.771. The van der Waals surface area contributed by atoms with E-state index in [2.05, 4.69) is 19.2 Å². The predicted molar refractivity (Wildman–Crippen MR) is 76.0 cm³/mol. The van der Waals surface area contributed by atoms with Crippen molar-refractivity contribution in [3.05, 3.63) is 0 Å². The van der Waals surface area contributed by atoms with Crippen molar-refractivity contribution in [3.8, 4) is 0 Å². The first-order valence-corrected chi connectivity index (χ1v) is 7.68. The molecule has 1 saturated carbocycles. The summed E-state index contributed by atoms with van der Waals surface area (Å²) in [5, 5.41) is 3.63. The van der Waals surface area contributed by atoms with Gasteiger partial charge in [0.2, 0.25) is 0 Å². The summed E-state index contributed by atoms with van der Waals surface area (Å²) in [4.78, 5) is 0. The first kappa shape index (κ1) is 15.9. The van der Waals surface area contributed by atoms with Gasteiger partial charge in [-0.15, -0.1) is 0 Å². The molecule has 0 bridgehead atoms. The third kappa shape index (κ3) is 8.90. The Labute approximate surface area is 113 Å². The van der Waals surface area contributed by atoms with E-state index in [9.17, 15) is 0 Å². The molecule has 0 radical (unpaired) electrons. The smallest absolute Gasteiger partial charge is 0.0700 e. The molecule has 3 nitrogen and oxygen atoms in total. The van der Waals surface area contributed by atoms with Crippen LogP contribution in [0.15, 0.2) is 0 Å². The van der Waals surface area contributed by atoms with E-state index in [0.29, 0.717) is 5.92 Å². The van der Waals surface area contributed by atoms with Crippen molar-refractivity contribution in [3.63, 3.8) is 0 Å². The fourth-order valence-corrected chi connectivity index (χ4v) is 2.33. The minimum Gasteiger partial charge on any atom is -0.379 e. The highest BCUT2D eigenvalue weighted by molar-refractivity contribution is 4.71. The highest BCUT2D eigenvalue weighted by Gasteiger charge is 2.11. The predicted octanol–water partition coefficient (Wildman–Crippen LogP) is 2.99. The minimum absolute atomic E-state index is 0.615. The maximum absolute atomic E-state index is 5.54. The highest BCUT2D eigenvalue weighted by atomic mass is 16.5. The van der Waals surface area contributed by atoms with E-state index >= 15 is 0 Å². The van der Waals surface area contributed by atoms with E-state index in [1.54, 1.807) is 0 Å². The van der Waals surface area contributed by atoms with Gasteiger partial charge in [0.25, 0.3) is 0 Å². The van der Waals surface area contributed by atoms with Crippen LogP contribution < -0.4 is 5.32 Å². The topological polar surface area (TPSA) is 30.5 Å². The van der Waals surface area contributed by atoms with E-state index in [1.165, 1.54) is 32.1 Å². The Morgan fingerprint density at radius 2 is 1.72 bits per heavy atom. The average Bonchev–Trinajstić information content (AvgIpc) is 2.37. The van der Waals surface area contributed by atoms with Gasteiger partial charge in [0.15, 0.2) is 0 Å². The molecular formula is C15H31NO2. The first-order chi connectivity index (χ1) is 8.79. The zero-order chi connectivity index (χ0) is 13.1. The number of ether oxygens (including phenoxy) is 2. The van der Waals surface area contributed by atoms with Crippen molar-refractivity contribution >= 4 is 0 Å². The summed E-state index contributed by atoms with van der Waals surface area (Å²) in [6.45, 7) is 8.58. The van der Waals surface area contributed by atoms with Gasteiger partial charge in [-0.25, -0.2) is 0 Å². The molecular weight excluding hydrogens is 226 g/mol. The van der Waals surface area contributed by atoms with Gasteiger partial charge in [-0.05, 0) is 31.7 Å². The molecule has 0 aromatic carbocycles. The molecule has 0 heterocycles. The van der Waals surface area contributed by atoms with E-state index in [-0.39, 0.29) is 0 Å². The number of hydrogen-bond donors (Lipinski definition) is 1. The van der Waals surface area contributed by atoms with Crippen molar-refractivity contribution in [1.29, 1.82) is 0 Å². The molecule has 1 N–H and O–H groups in total. The Morgan fingerprint density at radius 3 is 2.44 bits per heavy atom.